The topological polar surface area (TPSA) is 49.4 Å². The summed E-state index contributed by atoms with van der Waals surface area (Å²) < 4.78 is 0. The van der Waals surface area contributed by atoms with E-state index in [4.69, 9.17) is 0 Å². The third-order valence-corrected chi connectivity index (χ3v) is 7.39. The lowest BCUT2D eigenvalue weighted by atomic mass is 9.97. The van der Waals surface area contributed by atoms with E-state index in [1.807, 2.05) is 120 Å². The summed E-state index contributed by atoms with van der Waals surface area (Å²) in [7, 11) is 0. The van der Waals surface area contributed by atoms with Gasteiger partial charge in [-0.1, -0.05) is 91.1 Å². The van der Waals surface area contributed by atoms with Gasteiger partial charge in [0, 0.05) is 39.4 Å². The SMILES string of the molecule is C=C(CC1(Sc2ccccc2)c2ccccc2C(=O)N1c1ccccc1)C(=O)Nc1ccccc1. The Kier molecular flexibility index (Phi) is 6.25. The molecule has 1 heterocycles. The number of benzene rings is 4. The number of carbonyl (C=O) groups is 2. The van der Waals surface area contributed by atoms with E-state index in [9.17, 15) is 9.59 Å². The maximum atomic E-state index is 13.8. The van der Waals surface area contributed by atoms with Crippen LogP contribution in [0.2, 0.25) is 0 Å². The minimum atomic E-state index is -0.887. The summed E-state index contributed by atoms with van der Waals surface area (Å²) >= 11 is 1.56. The van der Waals surface area contributed by atoms with E-state index in [0.717, 1.165) is 16.1 Å². The zero-order valence-corrected chi connectivity index (χ0v) is 19.9. The van der Waals surface area contributed by atoms with E-state index in [1.54, 1.807) is 11.8 Å². The fourth-order valence-electron chi connectivity index (χ4n) is 4.42. The predicted octanol–water partition coefficient (Wildman–Crippen LogP) is 6.88. The second-order valence-corrected chi connectivity index (χ2v) is 9.67. The van der Waals surface area contributed by atoms with E-state index in [0.29, 0.717) is 16.8 Å². The molecule has 0 saturated heterocycles. The summed E-state index contributed by atoms with van der Waals surface area (Å²) in [6.45, 7) is 4.16. The van der Waals surface area contributed by atoms with Gasteiger partial charge < -0.3 is 5.32 Å². The molecule has 1 N–H and O–H groups in total. The zero-order chi connectivity index (χ0) is 24.3. The third kappa shape index (κ3) is 4.38. The fourth-order valence-corrected chi connectivity index (χ4v) is 5.92. The molecular formula is C30H24N2O2S. The number of hydrogen-bond donors (Lipinski definition) is 1. The number of anilines is 2. The molecule has 0 radical (unpaired) electrons. The summed E-state index contributed by atoms with van der Waals surface area (Å²) in [6.07, 6.45) is 0.253. The van der Waals surface area contributed by atoms with Crippen LogP contribution in [-0.2, 0) is 9.67 Å². The average molecular weight is 477 g/mol. The molecule has 1 aliphatic rings. The van der Waals surface area contributed by atoms with Crippen molar-refractivity contribution in [2.45, 2.75) is 16.2 Å². The number of hydrogen-bond acceptors (Lipinski definition) is 3. The highest BCUT2D eigenvalue weighted by Gasteiger charge is 2.51. The van der Waals surface area contributed by atoms with Crippen molar-refractivity contribution >= 4 is 35.0 Å². The van der Waals surface area contributed by atoms with Gasteiger partial charge in [-0.3, -0.25) is 14.5 Å². The lowest BCUT2D eigenvalue weighted by Crippen LogP contribution is -2.42. The molecule has 0 aromatic heterocycles. The number of carbonyl (C=O) groups excluding carboxylic acids is 2. The largest absolute Gasteiger partial charge is 0.322 e. The third-order valence-electron chi connectivity index (χ3n) is 5.99. The van der Waals surface area contributed by atoms with Crippen LogP contribution in [0.15, 0.2) is 132 Å². The quantitative estimate of drug-likeness (QED) is 0.296. The van der Waals surface area contributed by atoms with Crippen LogP contribution in [-0.4, -0.2) is 11.8 Å². The van der Waals surface area contributed by atoms with Gasteiger partial charge in [0.1, 0.15) is 4.87 Å². The molecule has 172 valence electrons. The smallest absolute Gasteiger partial charge is 0.260 e. The van der Waals surface area contributed by atoms with Gasteiger partial charge in [-0.25, -0.2) is 0 Å². The van der Waals surface area contributed by atoms with Crippen molar-refractivity contribution in [3.05, 3.63) is 139 Å². The number of thioether (sulfide) groups is 1. The van der Waals surface area contributed by atoms with E-state index in [2.05, 4.69) is 11.9 Å². The number of nitrogens with one attached hydrogen (secondary N) is 1. The van der Waals surface area contributed by atoms with Crippen LogP contribution in [0.1, 0.15) is 22.3 Å². The van der Waals surface area contributed by atoms with Crippen LogP contribution in [0, 0.1) is 0 Å². The molecule has 0 bridgehead atoms. The van der Waals surface area contributed by atoms with Crippen LogP contribution in [0.3, 0.4) is 0 Å². The van der Waals surface area contributed by atoms with Crippen LogP contribution >= 0.6 is 11.8 Å². The molecule has 1 atom stereocenters. The lowest BCUT2D eigenvalue weighted by molar-refractivity contribution is -0.113. The van der Waals surface area contributed by atoms with Crippen molar-refractivity contribution < 1.29 is 9.59 Å². The first-order valence-electron chi connectivity index (χ1n) is 11.4. The van der Waals surface area contributed by atoms with E-state index in [-0.39, 0.29) is 18.2 Å². The van der Waals surface area contributed by atoms with E-state index >= 15 is 0 Å². The van der Waals surface area contributed by atoms with Crippen LogP contribution < -0.4 is 10.2 Å². The Morgan fingerprint density at radius 3 is 2.06 bits per heavy atom. The summed E-state index contributed by atoms with van der Waals surface area (Å²) in [6, 6.07) is 36.5. The molecule has 4 nitrogen and oxygen atoms in total. The van der Waals surface area contributed by atoms with Crippen molar-refractivity contribution in [2.24, 2.45) is 0 Å². The standard InChI is InChI=1S/C30H24N2O2S/c1-22(28(33)31-23-13-5-2-6-14-23)21-30(35-25-17-9-4-10-18-25)27-20-12-11-19-26(27)29(34)32(30)24-15-7-3-8-16-24/h2-20H,1,21H2,(H,31,33). The number of nitrogens with zero attached hydrogens (tertiary/aromatic N) is 1. The van der Waals surface area contributed by atoms with Crippen molar-refractivity contribution in [3.63, 3.8) is 0 Å². The molecule has 0 aliphatic carbocycles. The molecule has 4 aromatic carbocycles. The molecule has 1 unspecified atom stereocenters. The van der Waals surface area contributed by atoms with Gasteiger partial charge in [-0.15, -0.1) is 0 Å². The Morgan fingerprint density at radius 2 is 1.37 bits per heavy atom. The highest BCUT2D eigenvalue weighted by atomic mass is 32.2. The van der Waals surface area contributed by atoms with Gasteiger partial charge in [0.05, 0.1) is 0 Å². The average Bonchev–Trinajstić information content (AvgIpc) is 3.13. The Bertz CT molecular complexity index is 1370. The van der Waals surface area contributed by atoms with Gasteiger partial charge in [0.15, 0.2) is 0 Å². The van der Waals surface area contributed by atoms with Gasteiger partial charge in [0.25, 0.3) is 11.8 Å². The Balaban J connectivity index is 1.61. The second-order valence-electron chi connectivity index (χ2n) is 8.32. The normalized spacial score (nSPS) is 16.6. The molecular weight excluding hydrogens is 452 g/mol. The summed E-state index contributed by atoms with van der Waals surface area (Å²) in [5, 5.41) is 2.94. The van der Waals surface area contributed by atoms with E-state index in [1.165, 1.54) is 0 Å². The molecule has 5 heteroatoms. The van der Waals surface area contributed by atoms with Crippen molar-refractivity contribution in [3.8, 4) is 0 Å². The van der Waals surface area contributed by atoms with Crippen molar-refractivity contribution in [1.29, 1.82) is 0 Å². The van der Waals surface area contributed by atoms with Crippen LogP contribution in [0.25, 0.3) is 0 Å². The number of para-hydroxylation sites is 2. The molecule has 0 saturated carbocycles. The Labute approximate surface area is 209 Å². The van der Waals surface area contributed by atoms with Gasteiger partial charge >= 0.3 is 0 Å². The van der Waals surface area contributed by atoms with Gasteiger partial charge in [-0.05, 0) is 42.5 Å². The minimum Gasteiger partial charge on any atom is -0.322 e. The first-order chi connectivity index (χ1) is 17.1. The fraction of sp³-hybridized carbons (Fsp3) is 0.0667. The maximum Gasteiger partial charge on any atom is 0.260 e. The van der Waals surface area contributed by atoms with Gasteiger partial charge in [0.2, 0.25) is 0 Å². The number of rotatable bonds is 7. The van der Waals surface area contributed by atoms with E-state index < -0.39 is 4.87 Å². The van der Waals surface area contributed by atoms with Crippen LogP contribution in [0.4, 0.5) is 11.4 Å². The highest BCUT2D eigenvalue weighted by molar-refractivity contribution is 8.00. The molecule has 5 rings (SSSR count). The number of fused-ring (bicyclic) bond motifs is 1. The lowest BCUT2D eigenvalue weighted by Gasteiger charge is -2.39. The zero-order valence-electron chi connectivity index (χ0n) is 19.1. The summed E-state index contributed by atoms with van der Waals surface area (Å²) in [5.74, 6) is -0.361. The Hall–Kier alpha value is -4.09. The van der Waals surface area contributed by atoms with Crippen LogP contribution in [0.5, 0.6) is 0 Å². The summed E-state index contributed by atoms with van der Waals surface area (Å²) in [5.41, 5.74) is 3.37. The van der Waals surface area contributed by atoms with Crippen molar-refractivity contribution in [2.75, 3.05) is 10.2 Å². The molecule has 35 heavy (non-hydrogen) atoms. The van der Waals surface area contributed by atoms with Crippen molar-refractivity contribution in [1.82, 2.24) is 0 Å². The maximum absolute atomic E-state index is 13.8. The molecule has 2 amide bonds. The molecule has 0 spiro atoms. The second kappa shape index (κ2) is 9.65. The molecule has 4 aromatic rings. The predicted molar refractivity (Wildman–Crippen MR) is 142 cm³/mol. The number of amides is 2. The molecule has 0 fully saturated rings. The minimum absolute atomic E-state index is 0.0912. The molecule has 1 aliphatic heterocycles. The summed E-state index contributed by atoms with van der Waals surface area (Å²) in [4.78, 5) is 29.0. The first-order valence-corrected chi connectivity index (χ1v) is 12.2. The first kappa shape index (κ1) is 22.7. The monoisotopic (exact) mass is 476 g/mol. The highest BCUT2D eigenvalue weighted by Crippen LogP contribution is 2.55. The van der Waals surface area contributed by atoms with Gasteiger partial charge in [-0.2, -0.15) is 0 Å². The Morgan fingerprint density at radius 1 is 0.800 bits per heavy atom.